The SMILES string of the molecule is CC/C=C\C/C=C\C/C=C\C/C=C\C/C=C\C/C=C\C/C=C\CCCCCCCC(=O)OCC(COC(=O)C/C=C\C/C=C\C/C=C\C/C=C\C/C=C\CC)OC(=O)CCCCCCCCCCCCC/C=C\CCCCCCCCCC. The molecule has 0 aromatic heterocycles. The van der Waals surface area contributed by atoms with Gasteiger partial charge in [0, 0.05) is 12.8 Å². The van der Waals surface area contributed by atoms with Gasteiger partial charge in [0.2, 0.25) is 0 Å². The van der Waals surface area contributed by atoms with Gasteiger partial charge in [-0.05, 0) is 128 Å². The lowest BCUT2D eigenvalue weighted by atomic mass is 10.0. The molecule has 0 spiro atoms. The normalized spacial score (nSPS) is 13.1. The monoisotopic (exact) mass is 1140 g/mol. The standard InChI is InChI=1S/C77H124O6/c1-4-7-10-13-16-19-22-25-28-30-32-34-36-37-38-39-41-42-44-46-49-52-55-58-61-64-67-70-76(79)82-73-74(72-81-75(78)69-66-63-60-57-54-51-48-27-24-21-18-15-12-9-6-3)83-77(80)71-68-65-62-59-56-53-50-47-45-43-40-35-33-31-29-26-23-20-17-14-11-8-5-2/h7,9-10,12,16,18-19,21,25,27-28,31-34,37-38,41-42,46,48-49,54,57,63,66,74H,4-6,8,11,13-15,17,20,22-24,26,29-30,35-36,39-40,43-45,47,50-53,55-56,58-62,64-65,67-73H2,1-3H3/b10-7-,12-9-,19-16-,21-18-,28-25-,33-31-,34-32-,38-37-,42-41-,48-27-,49-46-,57-54-,66-63-. The number of allylic oxidation sites excluding steroid dienone is 25. The number of hydrogen-bond acceptors (Lipinski definition) is 6. The molecular weight excluding hydrogens is 1020 g/mol. The Labute approximate surface area is 511 Å². The highest BCUT2D eigenvalue weighted by Crippen LogP contribution is 2.15. The van der Waals surface area contributed by atoms with Crippen molar-refractivity contribution in [3.8, 4) is 0 Å². The summed E-state index contributed by atoms with van der Waals surface area (Å²) >= 11 is 0. The summed E-state index contributed by atoms with van der Waals surface area (Å²) in [5.41, 5.74) is 0. The molecule has 0 saturated carbocycles. The molecule has 0 aliphatic heterocycles. The second kappa shape index (κ2) is 69.5. The number of unbranched alkanes of at least 4 members (excludes halogenated alkanes) is 24. The largest absolute Gasteiger partial charge is 0.462 e. The van der Waals surface area contributed by atoms with E-state index in [1.807, 2.05) is 6.08 Å². The van der Waals surface area contributed by atoms with Gasteiger partial charge in [-0.25, -0.2) is 0 Å². The summed E-state index contributed by atoms with van der Waals surface area (Å²) in [6.45, 7) is 6.32. The van der Waals surface area contributed by atoms with E-state index in [9.17, 15) is 14.4 Å². The molecule has 0 saturated heterocycles. The Bertz CT molecular complexity index is 1840. The van der Waals surface area contributed by atoms with Gasteiger partial charge >= 0.3 is 17.9 Å². The Morgan fingerprint density at radius 2 is 0.518 bits per heavy atom. The first-order valence-corrected chi connectivity index (χ1v) is 34.0. The van der Waals surface area contributed by atoms with E-state index >= 15 is 0 Å². The van der Waals surface area contributed by atoms with Crippen molar-refractivity contribution in [2.45, 2.75) is 297 Å². The minimum Gasteiger partial charge on any atom is -0.462 e. The van der Waals surface area contributed by atoms with Crippen molar-refractivity contribution in [3.05, 3.63) is 158 Å². The van der Waals surface area contributed by atoms with Gasteiger partial charge in [-0.3, -0.25) is 14.4 Å². The van der Waals surface area contributed by atoms with Crippen LogP contribution in [0.2, 0.25) is 0 Å². The molecule has 0 aromatic carbocycles. The number of esters is 3. The third-order valence-corrected chi connectivity index (χ3v) is 14.0. The Morgan fingerprint density at radius 1 is 0.265 bits per heavy atom. The van der Waals surface area contributed by atoms with Crippen LogP contribution < -0.4 is 0 Å². The molecule has 83 heavy (non-hydrogen) atoms. The summed E-state index contributed by atoms with van der Waals surface area (Å²) in [5, 5.41) is 0. The molecule has 0 fully saturated rings. The van der Waals surface area contributed by atoms with Gasteiger partial charge in [0.05, 0.1) is 6.42 Å². The fourth-order valence-electron chi connectivity index (χ4n) is 9.02. The van der Waals surface area contributed by atoms with Crippen LogP contribution in [0.5, 0.6) is 0 Å². The third kappa shape index (κ3) is 67.7. The fraction of sp³-hybridized carbons (Fsp3) is 0.623. The quantitative estimate of drug-likeness (QED) is 0.0261. The number of hydrogen-bond donors (Lipinski definition) is 0. The Kier molecular flexibility index (Phi) is 65.4. The van der Waals surface area contributed by atoms with Crippen molar-refractivity contribution in [1.29, 1.82) is 0 Å². The van der Waals surface area contributed by atoms with Crippen molar-refractivity contribution in [2.24, 2.45) is 0 Å². The Hall–Kier alpha value is -4.97. The van der Waals surface area contributed by atoms with Gasteiger partial charge in [0.25, 0.3) is 0 Å². The lowest BCUT2D eigenvalue weighted by Gasteiger charge is -2.18. The molecule has 6 nitrogen and oxygen atoms in total. The average molecular weight is 1150 g/mol. The second-order valence-corrected chi connectivity index (χ2v) is 22.0. The van der Waals surface area contributed by atoms with Crippen LogP contribution in [-0.4, -0.2) is 37.2 Å². The van der Waals surface area contributed by atoms with Crippen LogP contribution in [0.15, 0.2) is 158 Å². The highest BCUT2D eigenvalue weighted by atomic mass is 16.6. The van der Waals surface area contributed by atoms with Crippen LogP contribution in [0.4, 0.5) is 0 Å². The van der Waals surface area contributed by atoms with Crippen LogP contribution >= 0.6 is 0 Å². The number of carbonyl (C=O) groups excluding carboxylic acids is 3. The highest BCUT2D eigenvalue weighted by Gasteiger charge is 2.19. The van der Waals surface area contributed by atoms with Gasteiger partial charge < -0.3 is 14.2 Å². The van der Waals surface area contributed by atoms with Crippen molar-refractivity contribution in [1.82, 2.24) is 0 Å². The molecule has 468 valence electrons. The zero-order valence-electron chi connectivity index (χ0n) is 53.7. The van der Waals surface area contributed by atoms with E-state index in [0.29, 0.717) is 12.8 Å². The Balaban J connectivity index is 4.47. The Morgan fingerprint density at radius 3 is 0.855 bits per heavy atom. The van der Waals surface area contributed by atoms with Gasteiger partial charge in [0.15, 0.2) is 6.10 Å². The summed E-state index contributed by atoms with van der Waals surface area (Å²) in [6, 6.07) is 0. The van der Waals surface area contributed by atoms with Crippen molar-refractivity contribution < 1.29 is 28.6 Å². The van der Waals surface area contributed by atoms with Crippen molar-refractivity contribution in [3.63, 3.8) is 0 Å². The maximum atomic E-state index is 12.9. The molecule has 0 heterocycles. The molecule has 0 rings (SSSR count). The summed E-state index contributed by atoms with van der Waals surface area (Å²) < 4.78 is 16.8. The zero-order valence-corrected chi connectivity index (χ0v) is 53.7. The third-order valence-electron chi connectivity index (χ3n) is 14.0. The minimum atomic E-state index is -0.836. The zero-order chi connectivity index (χ0) is 59.9. The highest BCUT2D eigenvalue weighted by molar-refractivity contribution is 5.72. The first kappa shape index (κ1) is 78.0. The summed E-state index contributed by atoms with van der Waals surface area (Å²) in [6.07, 6.45) is 101. The van der Waals surface area contributed by atoms with Gasteiger partial charge in [-0.1, -0.05) is 301 Å². The average Bonchev–Trinajstić information content (AvgIpc) is 3.49. The molecule has 6 heteroatoms. The number of carbonyl (C=O) groups is 3. The van der Waals surface area contributed by atoms with Crippen LogP contribution in [0.1, 0.15) is 290 Å². The maximum absolute atomic E-state index is 12.9. The van der Waals surface area contributed by atoms with Gasteiger partial charge in [0.1, 0.15) is 13.2 Å². The molecule has 0 N–H and O–H groups in total. The molecular formula is C77H124O6. The summed E-state index contributed by atoms with van der Waals surface area (Å²) in [7, 11) is 0. The minimum absolute atomic E-state index is 0.117. The van der Waals surface area contributed by atoms with E-state index in [2.05, 4.69) is 167 Å². The van der Waals surface area contributed by atoms with Crippen LogP contribution in [-0.2, 0) is 28.6 Å². The van der Waals surface area contributed by atoms with Crippen molar-refractivity contribution in [2.75, 3.05) is 13.2 Å². The first-order chi connectivity index (χ1) is 41.0. The van der Waals surface area contributed by atoms with Gasteiger partial charge in [-0.2, -0.15) is 0 Å². The molecule has 1 unspecified atom stereocenters. The van der Waals surface area contributed by atoms with E-state index in [4.69, 9.17) is 14.2 Å². The first-order valence-electron chi connectivity index (χ1n) is 34.0. The second-order valence-electron chi connectivity index (χ2n) is 22.0. The predicted octanol–water partition coefficient (Wildman–Crippen LogP) is 23.7. The van der Waals surface area contributed by atoms with E-state index in [1.165, 1.54) is 116 Å². The van der Waals surface area contributed by atoms with Crippen molar-refractivity contribution >= 4 is 17.9 Å². The number of ether oxygens (including phenoxy) is 3. The van der Waals surface area contributed by atoms with Crippen LogP contribution in [0.25, 0.3) is 0 Å². The molecule has 0 aliphatic rings. The lowest BCUT2D eigenvalue weighted by Crippen LogP contribution is -2.30. The maximum Gasteiger partial charge on any atom is 0.309 e. The van der Waals surface area contributed by atoms with E-state index < -0.39 is 12.1 Å². The summed E-state index contributed by atoms with van der Waals surface area (Å²) in [4.78, 5) is 38.3. The smallest absolute Gasteiger partial charge is 0.309 e. The topological polar surface area (TPSA) is 78.9 Å². The van der Waals surface area contributed by atoms with E-state index in [0.717, 1.165) is 135 Å². The van der Waals surface area contributed by atoms with E-state index in [1.54, 1.807) is 6.08 Å². The summed E-state index contributed by atoms with van der Waals surface area (Å²) in [5.74, 6) is -1.07. The molecule has 0 radical (unpaired) electrons. The number of rotatable bonds is 60. The van der Waals surface area contributed by atoms with E-state index in [-0.39, 0.29) is 31.6 Å². The predicted molar refractivity (Wildman–Crippen MR) is 362 cm³/mol. The molecule has 1 atom stereocenters. The molecule has 0 aliphatic carbocycles. The molecule has 0 amide bonds. The fourth-order valence-corrected chi connectivity index (χ4v) is 9.02. The molecule has 0 aromatic rings. The van der Waals surface area contributed by atoms with Gasteiger partial charge in [-0.15, -0.1) is 0 Å². The lowest BCUT2D eigenvalue weighted by molar-refractivity contribution is -0.166. The molecule has 0 bridgehead atoms. The van der Waals surface area contributed by atoms with Crippen LogP contribution in [0.3, 0.4) is 0 Å². The van der Waals surface area contributed by atoms with Crippen LogP contribution in [0, 0.1) is 0 Å².